The molecule has 0 aromatic heterocycles. The zero-order valence-electron chi connectivity index (χ0n) is 9.54. The number of nitrogens with one attached hydrogen (secondary N) is 1. The first-order valence-electron chi connectivity index (χ1n) is 5.42. The van der Waals surface area contributed by atoms with Gasteiger partial charge in [0.2, 0.25) is 0 Å². The Morgan fingerprint density at radius 1 is 1.17 bits per heavy atom. The highest BCUT2D eigenvalue weighted by Crippen LogP contribution is 2.20. The highest BCUT2D eigenvalue weighted by molar-refractivity contribution is 5.51. The van der Waals surface area contributed by atoms with Gasteiger partial charge in [-0.05, 0) is 12.1 Å². The molecule has 92 valence electrons. The summed E-state index contributed by atoms with van der Waals surface area (Å²) >= 11 is 0. The molecule has 0 heterocycles. The molecule has 2 rings (SSSR count). The zero-order chi connectivity index (χ0) is 13.0. The van der Waals surface area contributed by atoms with Crippen molar-refractivity contribution in [3.63, 3.8) is 0 Å². The highest BCUT2D eigenvalue weighted by atomic mass is 16.6. The summed E-state index contributed by atoms with van der Waals surface area (Å²) in [6.45, 7) is 0.411. The maximum Gasteiger partial charge on any atom is 0.271 e. The standard InChI is InChI=1S/C13H12N2O3/c16-13-7-2-1-4-10(13)9-14-11-5-3-6-12(8-11)15(17)18/h1-8,14,16H,9H2. The second kappa shape index (κ2) is 5.18. The summed E-state index contributed by atoms with van der Waals surface area (Å²) in [7, 11) is 0. The number of non-ortho nitro benzene ring substituents is 1. The fourth-order valence-corrected chi connectivity index (χ4v) is 1.59. The number of nitro benzene ring substituents is 1. The van der Waals surface area contributed by atoms with Gasteiger partial charge in [0, 0.05) is 29.9 Å². The van der Waals surface area contributed by atoms with Gasteiger partial charge >= 0.3 is 0 Å². The summed E-state index contributed by atoms with van der Waals surface area (Å²) in [5.74, 6) is 0.204. The van der Waals surface area contributed by atoms with E-state index in [0.29, 0.717) is 12.2 Å². The summed E-state index contributed by atoms with van der Waals surface area (Å²) in [5.41, 5.74) is 1.42. The van der Waals surface area contributed by atoms with E-state index in [9.17, 15) is 15.2 Å². The average molecular weight is 244 g/mol. The van der Waals surface area contributed by atoms with Crippen LogP contribution in [0.25, 0.3) is 0 Å². The first kappa shape index (κ1) is 11.9. The monoisotopic (exact) mass is 244 g/mol. The first-order chi connectivity index (χ1) is 8.66. The molecule has 0 amide bonds. The molecule has 5 nitrogen and oxygen atoms in total. The van der Waals surface area contributed by atoms with Crippen LogP contribution in [0.4, 0.5) is 11.4 Å². The molecular formula is C13H12N2O3. The molecule has 0 unspecified atom stereocenters. The Kier molecular flexibility index (Phi) is 3.43. The molecule has 0 atom stereocenters. The van der Waals surface area contributed by atoms with Gasteiger partial charge in [-0.2, -0.15) is 0 Å². The Labute approximate surface area is 104 Å². The van der Waals surface area contributed by atoms with Crippen LogP contribution >= 0.6 is 0 Å². The number of rotatable bonds is 4. The van der Waals surface area contributed by atoms with Crippen LogP contribution in [0.3, 0.4) is 0 Å². The Balaban J connectivity index is 2.09. The summed E-state index contributed by atoms with van der Waals surface area (Å²) in [6, 6.07) is 13.2. The lowest BCUT2D eigenvalue weighted by molar-refractivity contribution is -0.384. The van der Waals surface area contributed by atoms with Crippen molar-refractivity contribution in [3.8, 4) is 5.75 Å². The zero-order valence-corrected chi connectivity index (χ0v) is 9.54. The highest BCUT2D eigenvalue weighted by Gasteiger charge is 2.05. The Morgan fingerprint density at radius 3 is 2.67 bits per heavy atom. The minimum atomic E-state index is -0.439. The Hall–Kier alpha value is -2.56. The van der Waals surface area contributed by atoms with E-state index in [1.807, 2.05) is 6.07 Å². The molecule has 0 aliphatic carbocycles. The van der Waals surface area contributed by atoms with Crippen molar-refractivity contribution in [2.24, 2.45) is 0 Å². The van der Waals surface area contributed by atoms with Gasteiger partial charge in [-0.1, -0.05) is 24.3 Å². The third kappa shape index (κ3) is 2.76. The average Bonchev–Trinajstić information content (AvgIpc) is 2.38. The normalized spacial score (nSPS) is 10.0. The number of nitro groups is 1. The van der Waals surface area contributed by atoms with Gasteiger partial charge in [0.25, 0.3) is 5.69 Å². The van der Waals surface area contributed by atoms with Crippen LogP contribution < -0.4 is 5.32 Å². The lowest BCUT2D eigenvalue weighted by atomic mass is 10.2. The number of phenols is 1. The fraction of sp³-hybridized carbons (Fsp3) is 0.0769. The number of anilines is 1. The van der Waals surface area contributed by atoms with Crippen molar-refractivity contribution in [3.05, 3.63) is 64.2 Å². The number of aromatic hydroxyl groups is 1. The number of benzene rings is 2. The molecule has 0 saturated heterocycles. The van der Waals surface area contributed by atoms with Crippen LogP contribution in [0, 0.1) is 10.1 Å². The van der Waals surface area contributed by atoms with Crippen LogP contribution in [0.5, 0.6) is 5.75 Å². The quantitative estimate of drug-likeness (QED) is 0.640. The van der Waals surface area contributed by atoms with Gasteiger partial charge in [0.15, 0.2) is 0 Å². The van der Waals surface area contributed by atoms with E-state index in [0.717, 1.165) is 5.56 Å². The van der Waals surface area contributed by atoms with Crippen molar-refractivity contribution >= 4 is 11.4 Å². The van der Waals surface area contributed by atoms with Crippen molar-refractivity contribution in [2.45, 2.75) is 6.54 Å². The molecule has 0 bridgehead atoms. The molecule has 18 heavy (non-hydrogen) atoms. The van der Waals surface area contributed by atoms with E-state index >= 15 is 0 Å². The van der Waals surface area contributed by atoms with Gasteiger partial charge in [-0.25, -0.2) is 0 Å². The predicted octanol–water partition coefficient (Wildman–Crippen LogP) is 2.91. The summed E-state index contributed by atoms with van der Waals surface area (Å²) < 4.78 is 0. The van der Waals surface area contributed by atoms with Crippen molar-refractivity contribution in [2.75, 3.05) is 5.32 Å². The number of para-hydroxylation sites is 1. The summed E-state index contributed by atoms with van der Waals surface area (Å²) in [4.78, 5) is 10.2. The molecule has 0 spiro atoms. The predicted molar refractivity (Wildman–Crippen MR) is 68.5 cm³/mol. The number of hydrogen-bond acceptors (Lipinski definition) is 4. The van der Waals surface area contributed by atoms with Crippen molar-refractivity contribution in [1.82, 2.24) is 0 Å². The van der Waals surface area contributed by atoms with E-state index in [2.05, 4.69) is 5.32 Å². The van der Waals surface area contributed by atoms with Crippen LogP contribution in [0.1, 0.15) is 5.56 Å². The molecular weight excluding hydrogens is 232 g/mol. The topological polar surface area (TPSA) is 75.4 Å². The van der Waals surface area contributed by atoms with E-state index in [-0.39, 0.29) is 11.4 Å². The van der Waals surface area contributed by atoms with E-state index in [1.165, 1.54) is 12.1 Å². The fourth-order valence-electron chi connectivity index (χ4n) is 1.59. The molecule has 0 fully saturated rings. The molecule has 0 radical (unpaired) electrons. The minimum Gasteiger partial charge on any atom is -0.508 e. The number of phenolic OH excluding ortho intramolecular Hbond substituents is 1. The molecule has 2 aromatic rings. The third-order valence-corrected chi connectivity index (χ3v) is 2.53. The van der Waals surface area contributed by atoms with E-state index in [4.69, 9.17) is 0 Å². The first-order valence-corrected chi connectivity index (χ1v) is 5.42. The number of nitrogens with zero attached hydrogens (tertiary/aromatic N) is 1. The second-order valence-electron chi connectivity index (χ2n) is 3.79. The van der Waals surface area contributed by atoms with Gasteiger partial charge in [-0.3, -0.25) is 10.1 Å². The lowest BCUT2D eigenvalue weighted by Gasteiger charge is -2.07. The van der Waals surface area contributed by atoms with E-state index in [1.54, 1.807) is 30.3 Å². The van der Waals surface area contributed by atoms with Crippen molar-refractivity contribution in [1.29, 1.82) is 0 Å². The second-order valence-corrected chi connectivity index (χ2v) is 3.79. The Morgan fingerprint density at radius 2 is 1.94 bits per heavy atom. The van der Waals surface area contributed by atoms with Crippen LogP contribution in [-0.2, 0) is 6.54 Å². The molecule has 2 N–H and O–H groups in total. The Bertz CT molecular complexity index is 570. The van der Waals surface area contributed by atoms with Gasteiger partial charge in [-0.15, -0.1) is 0 Å². The minimum absolute atomic E-state index is 0.0392. The van der Waals surface area contributed by atoms with Crippen LogP contribution in [0.15, 0.2) is 48.5 Å². The van der Waals surface area contributed by atoms with Crippen LogP contribution in [0.2, 0.25) is 0 Å². The summed E-state index contributed by atoms with van der Waals surface area (Å²) in [6.07, 6.45) is 0. The SMILES string of the molecule is O=[N+]([O-])c1cccc(NCc2ccccc2O)c1. The van der Waals surface area contributed by atoms with Gasteiger partial charge in [0.1, 0.15) is 5.75 Å². The van der Waals surface area contributed by atoms with Gasteiger partial charge < -0.3 is 10.4 Å². The molecule has 0 saturated carbocycles. The third-order valence-electron chi connectivity index (χ3n) is 2.53. The van der Waals surface area contributed by atoms with E-state index < -0.39 is 4.92 Å². The van der Waals surface area contributed by atoms with Crippen molar-refractivity contribution < 1.29 is 10.0 Å². The smallest absolute Gasteiger partial charge is 0.271 e. The van der Waals surface area contributed by atoms with Crippen LogP contribution in [-0.4, -0.2) is 10.0 Å². The number of hydrogen-bond donors (Lipinski definition) is 2. The maximum atomic E-state index is 10.6. The molecule has 0 aliphatic rings. The molecule has 2 aromatic carbocycles. The van der Waals surface area contributed by atoms with Gasteiger partial charge in [0.05, 0.1) is 4.92 Å². The maximum absolute atomic E-state index is 10.6. The molecule has 5 heteroatoms. The molecule has 0 aliphatic heterocycles. The lowest BCUT2D eigenvalue weighted by Crippen LogP contribution is -2.00. The largest absolute Gasteiger partial charge is 0.508 e. The summed E-state index contributed by atoms with van der Waals surface area (Å²) in [5, 5.41) is 23.2.